The van der Waals surface area contributed by atoms with Crippen molar-refractivity contribution in [1.29, 1.82) is 0 Å². The Bertz CT molecular complexity index is 1280. The number of likely N-dealkylation sites (tertiary alicyclic amines) is 1. The van der Waals surface area contributed by atoms with Crippen molar-refractivity contribution in [2.75, 3.05) is 6.54 Å². The van der Waals surface area contributed by atoms with Crippen LogP contribution >= 0.6 is 11.3 Å². The summed E-state index contributed by atoms with van der Waals surface area (Å²) in [5, 5.41) is 15.3. The number of aryl methyl sites for hydroxylation is 1. The Morgan fingerprint density at radius 1 is 1.30 bits per heavy atom. The van der Waals surface area contributed by atoms with E-state index in [2.05, 4.69) is 20.4 Å². The second kappa shape index (κ2) is 7.49. The van der Waals surface area contributed by atoms with Crippen LogP contribution in [0.5, 0.6) is 0 Å². The Morgan fingerprint density at radius 3 is 3.03 bits per heavy atom. The SMILES string of the molecule is Cc1cc(=O)c2cc(C(=O)N3CCC[C@H]3Cn3nnc(-c4cccs4)n3)ccc2[nH]1. The lowest BCUT2D eigenvalue weighted by molar-refractivity contribution is 0.0718. The summed E-state index contributed by atoms with van der Waals surface area (Å²) in [6, 6.07) is 10.7. The molecule has 9 heteroatoms. The van der Waals surface area contributed by atoms with Crippen molar-refractivity contribution in [3.05, 3.63) is 63.3 Å². The Kier molecular flexibility index (Phi) is 4.66. The number of amides is 1. The highest BCUT2D eigenvalue weighted by atomic mass is 32.1. The molecule has 5 rings (SSSR count). The van der Waals surface area contributed by atoms with Crippen LogP contribution in [0.2, 0.25) is 0 Å². The number of hydrogen-bond donors (Lipinski definition) is 1. The van der Waals surface area contributed by atoms with Crippen molar-refractivity contribution < 1.29 is 4.79 Å². The molecule has 30 heavy (non-hydrogen) atoms. The number of benzene rings is 1. The lowest BCUT2D eigenvalue weighted by Gasteiger charge is -2.24. The van der Waals surface area contributed by atoms with Crippen LogP contribution in [-0.4, -0.2) is 48.6 Å². The van der Waals surface area contributed by atoms with E-state index in [4.69, 9.17) is 0 Å². The zero-order chi connectivity index (χ0) is 20.7. The van der Waals surface area contributed by atoms with Gasteiger partial charge in [0.25, 0.3) is 5.91 Å². The molecule has 1 aliphatic heterocycles. The van der Waals surface area contributed by atoms with Crippen LogP contribution in [0.3, 0.4) is 0 Å². The number of rotatable bonds is 4. The van der Waals surface area contributed by atoms with Crippen LogP contribution in [0.15, 0.2) is 46.6 Å². The van der Waals surface area contributed by atoms with Gasteiger partial charge in [-0.2, -0.15) is 4.80 Å². The highest BCUT2D eigenvalue weighted by Gasteiger charge is 2.30. The third-order valence-corrected chi connectivity index (χ3v) is 6.28. The average molecular weight is 420 g/mol. The van der Waals surface area contributed by atoms with Gasteiger partial charge in [0.15, 0.2) is 5.43 Å². The van der Waals surface area contributed by atoms with Gasteiger partial charge in [-0.1, -0.05) is 6.07 Å². The first-order valence-corrected chi connectivity index (χ1v) is 10.7. The minimum atomic E-state index is -0.0817. The van der Waals surface area contributed by atoms with Gasteiger partial charge in [-0.3, -0.25) is 9.59 Å². The lowest BCUT2D eigenvalue weighted by atomic mass is 10.1. The van der Waals surface area contributed by atoms with Crippen molar-refractivity contribution in [1.82, 2.24) is 30.1 Å². The number of nitrogens with one attached hydrogen (secondary N) is 1. The first-order chi connectivity index (χ1) is 14.6. The van der Waals surface area contributed by atoms with Gasteiger partial charge in [0, 0.05) is 34.8 Å². The Labute approximate surface area is 176 Å². The molecule has 4 heterocycles. The van der Waals surface area contributed by atoms with E-state index in [0.717, 1.165) is 28.9 Å². The minimum absolute atomic E-state index is 0.00474. The van der Waals surface area contributed by atoms with Crippen molar-refractivity contribution in [2.24, 2.45) is 0 Å². The predicted octanol–water partition coefficient (Wildman–Crippen LogP) is 2.86. The first kappa shape index (κ1) is 18.7. The molecule has 1 aromatic carbocycles. The number of pyridine rings is 1. The number of hydrogen-bond acceptors (Lipinski definition) is 6. The summed E-state index contributed by atoms with van der Waals surface area (Å²) in [5.41, 5.74) is 1.98. The number of aromatic amines is 1. The maximum Gasteiger partial charge on any atom is 0.254 e. The predicted molar refractivity (Wildman–Crippen MR) is 114 cm³/mol. The van der Waals surface area contributed by atoms with Gasteiger partial charge >= 0.3 is 0 Å². The van der Waals surface area contributed by atoms with E-state index in [-0.39, 0.29) is 17.4 Å². The summed E-state index contributed by atoms with van der Waals surface area (Å²) < 4.78 is 0. The zero-order valence-corrected chi connectivity index (χ0v) is 17.2. The van der Waals surface area contributed by atoms with Gasteiger partial charge in [0.1, 0.15) is 0 Å². The van der Waals surface area contributed by atoms with Gasteiger partial charge in [-0.05, 0) is 54.6 Å². The van der Waals surface area contributed by atoms with Crippen LogP contribution in [0.25, 0.3) is 21.6 Å². The summed E-state index contributed by atoms with van der Waals surface area (Å²) in [7, 11) is 0. The van der Waals surface area contributed by atoms with Crippen LogP contribution in [0, 0.1) is 6.92 Å². The summed E-state index contributed by atoms with van der Waals surface area (Å²) in [6.07, 6.45) is 1.81. The topological polar surface area (TPSA) is 96.8 Å². The monoisotopic (exact) mass is 420 g/mol. The maximum absolute atomic E-state index is 13.2. The van der Waals surface area contributed by atoms with Crippen LogP contribution in [0.1, 0.15) is 28.9 Å². The molecule has 1 fully saturated rings. The van der Waals surface area contributed by atoms with E-state index in [0.29, 0.717) is 29.9 Å². The molecule has 0 aliphatic carbocycles. The summed E-state index contributed by atoms with van der Waals surface area (Å²) in [6.45, 7) is 3.02. The molecule has 152 valence electrons. The first-order valence-electron chi connectivity index (χ1n) is 9.85. The molecule has 3 aromatic heterocycles. The molecular weight excluding hydrogens is 400 g/mol. The Balaban J connectivity index is 1.38. The van der Waals surface area contributed by atoms with Gasteiger partial charge < -0.3 is 9.88 Å². The maximum atomic E-state index is 13.2. The second-order valence-corrected chi connectivity index (χ2v) is 8.46. The third kappa shape index (κ3) is 3.41. The number of fused-ring (bicyclic) bond motifs is 1. The fourth-order valence-corrected chi connectivity index (χ4v) is 4.63. The molecule has 0 spiro atoms. The van der Waals surface area contributed by atoms with Crippen molar-refractivity contribution in [3.8, 4) is 10.7 Å². The number of aromatic nitrogens is 5. The van der Waals surface area contributed by atoms with Crippen LogP contribution in [0.4, 0.5) is 0 Å². The minimum Gasteiger partial charge on any atom is -0.358 e. The highest BCUT2D eigenvalue weighted by molar-refractivity contribution is 7.13. The molecule has 1 amide bonds. The van der Waals surface area contributed by atoms with Gasteiger partial charge in [-0.15, -0.1) is 21.5 Å². The van der Waals surface area contributed by atoms with E-state index in [9.17, 15) is 9.59 Å². The Morgan fingerprint density at radius 2 is 2.20 bits per heavy atom. The quantitative estimate of drug-likeness (QED) is 0.548. The summed E-state index contributed by atoms with van der Waals surface area (Å²) in [4.78, 5) is 33.1. The lowest BCUT2D eigenvalue weighted by Crippen LogP contribution is -2.38. The van der Waals surface area contributed by atoms with E-state index >= 15 is 0 Å². The second-order valence-electron chi connectivity index (χ2n) is 7.52. The van der Waals surface area contributed by atoms with Gasteiger partial charge in [0.05, 0.1) is 17.5 Å². The smallest absolute Gasteiger partial charge is 0.254 e. The van der Waals surface area contributed by atoms with E-state index in [1.54, 1.807) is 40.4 Å². The molecule has 0 bridgehead atoms. The molecule has 1 atom stereocenters. The molecule has 4 aromatic rings. The van der Waals surface area contributed by atoms with Gasteiger partial charge in [-0.25, -0.2) is 0 Å². The van der Waals surface area contributed by atoms with Gasteiger partial charge in [0.2, 0.25) is 5.82 Å². The van der Waals surface area contributed by atoms with Crippen molar-refractivity contribution >= 4 is 28.1 Å². The van der Waals surface area contributed by atoms with E-state index in [1.165, 1.54) is 0 Å². The van der Waals surface area contributed by atoms with E-state index in [1.807, 2.05) is 29.3 Å². The standard InChI is InChI=1S/C21H20N6O2S/c1-13-10-18(28)16-11-14(6-7-17(16)22-13)21(29)26-8-2-4-15(26)12-27-24-20(23-25-27)19-5-3-9-30-19/h3,5-7,9-11,15H,2,4,8,12H2,1H3,(H,22,28)/t15-/m0/s1. The van der Waals surface area contributed by atoms with E-state index < -0.39 is 0 Å². The largest absolute Gasteiger partial charge is 0.358 e. The van der Waals surface area contributed by atoms with Crippen LogP contribution < -0.4 is 5.43 Å². The highest BCUT2D eigenvalue weighted by Crippen LogP contribution is 2.23. The summed E-state index contributed by atoms with van der Waals surface area (Å²) >= 11 is 1.57. The molecule has 0 unspecified atom stereocenters. The number of tetrazole rings is 1. The van der Waals surface area contributed by atoms with Crippen molar-refractivity contribution in [2.45, 2.75) is 32.4 Å². The molecule has 0 saturated carbocycles. The fourth-order valence-electron chi connectivity index (χ4n) is 3.99. The zero-order valence-electron chi connectivity index (χ0n) is 16.4. The number of nitrogens with zero attached hydrogens (tertiary/aromatic N) is 5. The van der Waals surface area contributed by atoms with Crippen molar-refractivity contribution in [3.63, 3.8) is 0 Å². The normalized spacial score (nSPS) is 16.4. The number of H-pyrrole nitrogens is 1. The third-order valence-electron chi connectivity index (χ3n) is 5.42. The molecule has 0 radical (unpaired) electrons. The molecule has 8 nitrogen and oxygen atoms in total. The average Bonchev–Trinajstić information content (AvgIpc) is 3.49. The fraction of sp³-hybridized carbons (Fsp3) is 0.286. The van der Waals surface area contributed by atoms with Crippen LogP contribution in [-0.2, 0) is 6.54 Å². The molecular formula is C21H20N6O2S. The summed E-state index contributed by atoms with van der Waals surface area (Å²) in [5.74, 6) is 0.530. The molecule has 1 saturated heterocycles. The number of carbonyl (C=O) groups excluding carboxylic acids is 1. The Hall–Kier alpha value is -3.33. The molecule has 1 aliphatic rings. The number of carbonyl (C=O) groups is 1. The molecule has 1 N–H and O–H groups in total. The number of thiophene rings is 1.